The van der Waals surface area contributed by atoms with Gasteiger partial charge in [0, 0.05) is 16.9 Å². The largest absolute Gasteiger partial charge is 0.479 e. The summed E-state index contributed by atoms with van der Waals surface area (Å²) in [6.45, 7) is 5.01. The zero-order valence-corrected chi connectivity index (χ0v) is 17.8. The van der Waals surface area contributed by atoms with Crippen molar-refractivity contribution in [3.05, 3.63) is 40.3 Å². The average molecular weight is 429 g/mol. The van der Waals surface area contributed by atoms with Crippen LogP contribution in [0.1, 0.15) is 52.3 Å². The summed E-state index contributed by atoms with van der Waals surface area (Å²) in [5, 5.41) is 3.00. The topological polar surface area (TPSA) is 119 Å². The van der Waals surface area contributed by atoms with Crippen LogP contribution in [0.25, 0.3) is 0 Å². The van der Waals surface area contributed by atoms with Crippen molar-refractivity contribution in [1.82, 2.24) is 0 Å². The molecule has 1 unspecified atom stereocenters. The van der Waals surface area contributed by atoms with E-state index in [1.165, 1.54) is 16.2 Å². The van der Waals surface area contributed by atoms with Gasteiger partial charge in [0.2, 0.25) is 5.91 Å². The average Bonchev–Trinajstić information content (AvgIpc) is 3.05. The maximum absolute atomic E-state index is 12.7. The number of nitrogens with one attached hydrogen (secondary N) is 1. The summed E-state index contributed by atoms with van der Waals surface area (Å²) in [6.07, 6.45) is 0.322. The first kappa shape index (κ1) is 21.5. The fraction of sp³-hybridized carbons (Fsp3) is 0.333. The van der Waals surface area contributed by atoms with Gasteiger partial charge in [0.25, 0.3) is 11.8 Å². The molecule has 1 aromatic carbocycles. The van der Waals surface area contributed by atoms with Crippen molar-refractivity contribution in [3.8, 4) is 5.75 Å². The molecule has 0 fully saturated rings. The minimum Gasteiger partial charge on any atom is -0.479 e. The van der Waals surface area contributed by atoms with E-state index in [0.717, 1.165) is 4.88 Å². The smallest absolute Gasteiger partial charge is 0.268 e. The highest BCUT2D eigenvalue weighted by molar-refractivity contribution is 7.16. The number of aryl methyl sites for hydroxylation is 1. The van der Waals surface area contributed by atoms with Gasteiger partial charge < -0.3 is 15.8 Å². The summed E-state index contributed by atoms with van der Waals surface area (Å²) in [5.41, 5.74) is 6.41. The number of nitrogens with zero attached hydrogens (tertiary/aromatic N) is 1. The Morgan fingerprint density at radius 3 is 2.67 bits per heavy atom. The Balaban J connectivity index is 1.87. The van der Waals surface area contributed by atoms with Gasteiger partial charge in [0.15, 0.2) is 11.9 Å². The van der Waals surface area contributed by atoms with E-state index in [0.29, 0.717) is 34.8 Å². The van der Waals surface area contributed by atoms with E-state index < -0.39 is 23.8 Å². The predicted molar refractivity (Wildman–Crippen MR) is 114 cm³/mol. The summed E-state index contributed by atoms with van der Waals surface area (Å²) in [6, 6.07) is 6.48. The van der Waals surface area contributed by atoms with Gasteiger partial charge in [0.05, 0.1) is 11.3 Å². The van der Waals surface area contributed by atoms with Crippen molar-refractivity contribution in [2.24, 2.45) is 5.73 Å². The molecule has 8 nitrogen and oxygen atoms in total. The zero-order chi connectivity index (χ0) is 22.0. The van der Waals surface area contributed by atoms with E-state index in [9.17, 15) is 19.2 Å². The van der Waals surface area contributed by atoms with Crippen LogP contribution in [0, 0.1) is 6.92 Å². The molecule has 0 radical (unpaired) electrons. The Bertz CT molecular complexity index is 1030. The SMILES string of the molecule is CCCC(=O)c1ccc2c(c1)N(CC(=O)Nc1sc(C)cc1C(N)=O)C(=O)C(C)O2. The van der Waals surface area contributed by atoms with Crippen LogP contribution in [-0.2, 0) is 9.59 Å². The first-order valence-corrected chi connectivity index (χ1v) is 10.4. The van der Waals surface area contributed by atoms with Crippen LogP contribution in [0.4, 0.5) is 10.7 Å². The highest BCUT2D eigenvalue weighted by atomic mass is 32.1. The number of fused-ring (bicyclic) bond motifs is 1. The Kier molecular flexibility index (Phi) is 6.21. The second-order valence-corrected chi connectivity index (χ2v) is 8.31. The number of rotatable bonds is 7. The maximum atomic E-state index is 12.7. The van der Waals surface area contributed by atoms with Crippen molar-refractivity contribution in [2.45, 2.75) is 39.7 Å². The normalized spacial score (nSPS) is 15.4. The van der Waals surface area contributed by atoms with Crippen molar-refractivity contribution in [1.29, 1.82) is 0 Å². The summed E-state index contributed by atoms with van der Waals surface area (Å²) >= 11 is 1.23. The van der Waals surface area contributed by atoms with Gasteiger partial charge in [-0.25, -0.2) is 0 Å². The third kappa shape index (κ3) is 4.35. The summed E-state index contributed by atoms with van der Waals surface area (Å²) in [4.78, 5) is 51.4. The Morgan fingerprint density at radius 2 is 2.00 bits per heavy atom. The van der Waals surface area contributed by atoms with Gasteiger partial charge in [-0.3, -0.25) is 24.1 Å². The lowest BCUT2D eigenvalue weighted by molar-refractivity contribution is -0.127. The van der Waals surface area contributed by atoms with Gasteiger partial charge in [-0.2, -0.15) is 0 Å². The number of nitrogens with two attached hydrogens (primary N) is 1. The van der Waals surface area contributed by atoms with E-state index in [4.69, 9.17) is 10.5 Å². The molecule has 0 spiro atoms. The first-order valence-electron chi connectivity index (χ1n) is 9.56. The number of primary amides is 1. The molecular weight excluding hydrogens is 406 g/mol. The highest BCUT2D eigenvalue weighted by Gasteiger charge is 2.33. The molecule has 0 saturated heterocycles. The van der Waals surface area contributed by atoms with E-state index in [1.807, 2.05) is 6.92 Å². The molecule has 0 aliphatic carbocycles. The van der Waals surface area contributed by atoms with Crippen LogP contribution in [0.2, 0.25) is 0 Å². The van der Waals surface area contributed by atoms with Crippen LogP contribution in [0.3, 0.4) is 0 Å². The molecular formula is C21H23N3O5S. The monoisotopic (exact) mass is 429 g/mol. The lowest BCUT2D eigenvalue weighted by Gasteiger charge is -2.32. The van der Waals surface area contributed by atoms with Crippen LogP contribution in [-0.4, -0.2) is 36.2 Å². The maximum Gasteiger partial charge on any atom is 0.268 e. The molecule has 3 amide bonds. The Morgan fingerprint density at radius 1 is 1.27 bits per heavy atom. The quantitative estimate of drug-likeness (QED) is 0.656. The lowest BCUT2D eigenvalue weighted by atomic mass is 10.0. The minimum atomic E-state index is -0.771. The molecule has 2 aromatic rings. The van der Waals surface area contributed by atoms with Crippen LogP contribution >= 0.6 is 11.3 Å². The standard InChI is InChI=1S/C21H23N3O5S/c1-4-5-16(25)13-6-7-17-15(9-13)24(21(28)12(3)29-17)10-18(26)23-20-14(19(22)27)8-11(2)30-20/h6-9,12H,4-5,10H2,1-3H3,(H2,22,27)(H,23,26). The second-order valence-electron chi connectivity index (χ2n) is 7.05. The van der Waals surface area contributed by atoms with Crippen molar-refractivity contribution < 1.29 is 23.9 Å². The number of carbonyl (C=O) groups is 4. The molecule has 1 aliphatic heterocycles. The molecule has 0 bridgehead atoms. The van der Waals surface area contributed by atoms with Gasteiger partial charge in [-0.15, -0.1) is 11.3 Å². The van der Waals surface area contributed by atoms with Gasteiger partial charge in [0.1, 0.15) is 17.3 Å². The highest BCUT2D eigenvalue weighted by Crippen LogP contribution is 2.35. The lowest BCUT2D eigenvalue weighted by Crippen LogP contribution is -2.47. The Hall–Kier alpha value is -3.20. The van der Waals surface area contributed by atoms with Crippen molar-refractivity contribution in [3.63, 3.8) is 0 Å². The number of anilines is 2. The summed E-state index contributed by atoms with van der Waals surface area (Å²) in [7, 11) is 0. The number of ether oxygens (including phenoxy) is 1. The number of hydrogen-bond acceptors (Lipinski definition) is 6. The second kappa shape index (κ2) is 8.66. The number of Topliss-reactive ketones (excluding diaryl/α,β-unsaturated/α-hetero) is 1. The van der Waals surface area contributed by atoms with E-state index in [2.05, 4.69) is 5.32 Å². The molecule has 3 N–H and O–H groups in total. The molecule has 9 heteroatoms. The zero-order valence-electron chi connectivity index (χ0n) is 17.0. The molecule has 1 atom stereocenters. The summed E-state index contributed by atoms with van der Waals surface area (Å²) in [5.74, 6) is -1.15. The third-order valence-corrected chi connectivity index (χ3v) is 5.61. The summed E-state index contributed by atoms with van der Waals surface area (Å²) < 4.78 is 5.63. The number of hydrogen-bond donors (Lipinski definition) is 2. The molecule has 0 saturated carbocycles. The number of benzene rings is 1. The number of carbonyl (C=O) groups excluding carboxylic acids is 4. The molecule has 30 heavy (non-hydrogen) atoms. The van der Waals surface area contributed by atoms with E-state index in [1.54, 1.807) is 38.1 Å². The van der Waals surface area contributed by atoms with Crippen LogP contribution in [0.5, 0.6) is 5.75 Å². The van der Waals surface area contributed by atoms with Crippen molar-refractivity contribution in [2.75, 3.05) is 16.8 Å². The molecule has 3 rings (SSSR count). The molecule has 1 aromatic heterocycles. The first-order chi connectivity index (χ1) is 14.2. The number of amides is 3. The Labute approximate surface area is 178 Å². The third-order valence-electron chi connectivity index (χ3n) is 4.64. The number of thiophene rings is 1. The molecule has 2 heterocycles. The fourth-order valence-electron chi connectivity index (χ4n) is 3.21. The van der Waals surface area contributed by atoms with E-state index >= 15 is 0 Å². The van der Waals surface area contributed by atoms with Crippen LogP contribution < -0.4 is 20.7 Å². The van der Waals surface area contributed by atoms with Crippen LogP contribution in [0.15, 0.2) is 24.3 Å². The van der Waals surface area contributed by atoms with Crippen molar-refractivity contribution >= 4 is 45.5 Å². The van der Waals surface area contributed by atoms with Gasteiger partial charge in [-0.05, 0) is 44.5 Å². The van der Waals surface area contributed by atoms with Gasteiger partial charge >= 0.3 is 0 Å². The molecule has 158 valence electrons. The predicted octanol–water partition coefficient (Wildman–Crippen LogP) is 2.89. The fourth-order valence-corrected chi connectivity index (χ4v) is 4.15. The van der Waals surface area contributed by atoms with E-state index in [-0.39, 0.29) is 17.9 Å². The number of ketones is 1. The molecule has 1 aliphatic rings. The van der Waals surface area contributed by atoms with Gasteiger partial charge in [-0.1, -0.05) is 6.92 Å². The minimum absolute atomic E-state index is 0.0454.